The summed E-state index contributed by atoms with van der Waals surface area (Å²) in [6.07, 6.45) is 0.881. The summed E-state index contributed by atoms with van der Waals surface area (Å²) >= 11 is 6.26. The van der Waals surface area contributed by atoms with Crippen molar-refractivity contribution in [3.05, 3.63) is 64.7 Å². The van der Waals surface area contributed by atoms with Crippen molar-refractivity contribution in [1.29, 1.82) is 0 Å². The van der Waals surface area contributed by atoms with Crippen LogP contribution in [0, 0.1) is 0 Å². The third-order valence-electron chi connectivity index (χ3n) is 3.38. The van der Waals surface area contributed by atoms with Crippen LogP contribution in [0.25, 0.3) is 0 Å². The van der Waals surface area contributed by atoms with Crippen molar-refractivity contribution < 1.29 is 4.74 Å². The lowest BCUT2D eigenvalue weighted by molar-refractivity contribution is 0.322. The molecule has 0 amide bonds. The van der Waals surface area contributed by atoms with Crippen molar-refractivity contribution in [3.63, 3.8) is 0 Å². The van der Waals surface area contributed by atoms with E-state index in [9.17, 15) is 0 Å². The van der Waals surface area contributed by atoms with Gasteiger partial charge >= 0.3 is 0 Å². The molecule has 0 aliphatic heterocycles. The first kappa shape index (κ1) is 14.9. The van der Waals surface area contributed by atoms with E-state index in [4.69, 9.17) is 16.3 Å². The smallest absolute Gasteiger partial charge is 0.137 e. The summed E-state index contributed by atoms with van der Waals surface area (Å²) in [4.78, 5) is 0. The Morgan fingerprint density at radius 2 is 1.90 bits per heavy atom. The first-order chi connectivity index (χ1) is 9.70. The third kappa shape index (κ3) is 3.99. The summed E-state index contributed by atoms with van der Waals surface area (Å²) in [6.45, 7) is 2.73. The van der Waals surface area contributed by atoms with Crippen LogP contribution >= 0.6 is 11.6 Å². The molecule has 0 saturated carbocycles. The van der Waals surface area contributed by atoms with Gasteiger partial charge in [0.15, 0.2) is 0 Å². The first-order valence-electron chi connectivity index (χ1n) is 6.84. The average molecular weight is 290 g/mol. The largest absolute Gasteiger partial charge is 0.492 e. The van der Waals surface area contributed by atoms with Gasteiger partial charge in [-0.2, -0.15) is 0 Å². The van der Waals surface area contributed by atoms with Crippen LogP contribution in [0.2, 0.25) is 5.02 Å². The molecule has 0 heterocycles. The van der Waals surface area contributed by atoms with Crippen LogP contribution in [-0.4, -0.2) is 13.7 Å². The zero-order valence-corrected chi connectivity index (χ0v) is 12.7. The van der Waals surface area contributed by atoms with Gasteiger partial charge in [0.25, 0.3) is 0 Å². The van der Waals surface area contributed by atoms with Gasteiger partial charge in [-0.1, -0.05) is 48.0 Å². The van der Waals surface area contributed by atoms with Crippen molar-refractivity contribution in [2.45, 2.75) is 19.4 Å². The minimum Gasteiger partial charge on any atom is -0.492 e. The predicted octanol–water partition coefficient (Wildman–Crippen LogP) is 4.24. The molecule has 20 heavy (non-hydrogen) atoms. The number of halogens is 1. The van der Waals surface area contributed by atoms with E-state index in [1.807, 2.05) is 43.4 Å². The highest BCUT2D eigenvalue weighted by molar-refractivity contribution is 6.32. The molecule has 1 atom stereocenters. The topological polar surface area (TPSA) is 21.3 Å². The van der Waals surface area contributed by atoms with E-state index in [0.29, 0.717) is 11.6 Å². The minimum absolute atomic E-state index is 0.283. The van der Waals surface area contributed by atoms with Gasteiger partial charge in [-0.3, -0.25) is 0 Å². The Labute approximate surface area is 125 Å². The maximum atomic E-state index is 6.26. The zero-order valence-electron chi connectivity index (χ0n) is 11.9. The van der Waals surface area contributed by atoms with E-state index < -0.39 is 0 Å². The maximum Gasteiger partial charge on any atom is 0.137 e. The monoisotopic (exact) mass is 289 g/mol. The van der Waals surface area contributed by atoms with Crippen LogP contribution in [0.4, 0.5) is 0 Å². The fraction of sp³-hybridized carbons (Fsp3) is 0.294. The molecule has 3 heteroatoms. The van der Waals surface area contributed by atoms with Gasteiger partial charge in [0, 0.05) is 12.5 Å². The maximum absolute atomic E-state index is 6.26. The van der Waals surface area contributed by atoms with Gasteiger partial charge in [-0.05, 0) is 37.2 Å². The predicted molar refractivity (Wildman–Crippen MR) is 84.6 cm³/mol. The van der Waals surface area contributed by atoms with E-state index in [-0.39, 0.29) is 6.04 Å². The second-order valence-electron chi connectivity index (χ2n) is 4.78. The average Bonchev–Trinajstić information content (AvgIpc) is 2.49. The molecular formula is C17H20ClNO. The van der Waals surface area contributed by atoms with Crippen molar-refractivity contribution >= 4 is 11.6 Å². The van der Waals surface area contributed by atoms with E-state index in [1.165, 1.54) is 5.56 Å². The Morgan fingerprint density at radius 1 is 1.15 bits per heavy atom. The normalized spacial score (nSPS) is 12.2. The van der Waals surface area contributed by atoms with Crippen LogP contribution in [0.15, 0.2) is 48.5 Å². The standard InChI is InChI=1S/C17H20ClNO/c1-13(19-2)15-8-9-17(16(18)12-15)20-11-10-14-6-4-3-5-7-14/h3-9,12-13,19H,10-11H2,1-2H3. The Morgan fingerprint density at radius 3 is 2.55 bits per heavy atom. The van der Waals surface area contributed by atoms with E-state index in [2.05, 4.69) is 24.4 Å². The van der Waals surface area contributed by atoms with Gasteiger partial charge < -0.3 is 10.1 Å². The molecule has 106 valence electrons. The highest BCUT2D eigenvalue weighted by Crippen LogP contribution is 2.27. The molecule has 2 rings (SSSR count). The lowest BCUT2D eigenvalue weighted by Crippen LogP contribution is -2.12. The Balaban J connectivity index is 1.93. The number of nitrogens with one attached hydrogen (secondary N) is 1. The number of hydrogen-bond donors (Lipinski definition) is 1. The molecule has 0 fully saturated rings. The van der Waals surface area contributed by atoms with Crippen LogP contribution in [0.5, 0.6) is 5.75 Å². The first-order valence-corrected chi connectivity index (χ1v) is 7.22. The van der Waals surface area contributed by atoms with Gasteiger partial charge in [0.1, 0.15) is 5.75 Å². The van der Waals surface area contributed by atoms with Gasteiger partial charge in [0.2, 0.25) is 0 Å². The summed E-state index contributed by atoms with van der Waals surface area (Å²) < 4.78 is 5.76. The fourth-order valence-electron chi connectivity index (χ4n) is 1.99. The van der Waals surface area contributed by atoms with Crippen LogP contribution in [-0.2, 0) is 6.42 Å². The van der Waals surface area contributed by atoms with Gasteiger partial charge in [-0.15, -0.1) is 0 Å². The highest BCUT2D eigenvalue weighted by atomic mass is 35.5. The summed E-state index contributed by atoms with van der Waals surface area (Å²) in [6, 6.07) is 16.5. The second-order valence-corrected chi connectivity index (χ2v) is 5.19. The quantitative estimate of drug-likeness (QED) is 0.859. The molecule has 0 saturated heterocycles. The molecule has 0 spiro atoms. The van der Waals surface area contributed by atoms with Gasteiger partial charge in [-0.25, -0.2) is 0 Å². The molecule has 0 aromatic heterocycles. The Hall–Kier alpha value is -1.51. The number of hydrogen-bond acceptors (Lipinski definition) is 2. The van der Waals surface area contributed by atoms with Gasteiger partial charge in [0.05, 0.1) is 11.6 Å². The number of rotatable bonds is 6. The second kappa shape index (κ2) is 7.32. The zero-order chi connectivity index (χ0) is 14.4. The van der Waals surface area contributed by atoms with Crippen molar-refractivity contribution in [2.75, 3.05) is 13.7 Å². The minimum atomic E-state index is 0.283. The summed E-state index contributed by atoms with van der Waals surface area (Å²) in [5.74, 6) is 0.745. The van der Waals surface area contributed by atoms with Crippen molar-refractivity contribution in [2.24, 2.45) is 0 Å². The Kier molecular flexibility index (Phi) is 5.45. The van der Waals surface area contributed by atoms with Crippen LogP contribution in [0.3, 0.4) is 0 Å². The number of ether oxygens (including phenoxy) is 1. The fourth-order valence-corrected chi connectivity index (χ4v) is 2.24. The van der Waals surface area contributed by atoms with Crippen molar-refractivity contribution in [1.82, 2.24) is 5.32 Å². The van der Waals surface area contributed by atoms with Crippen molar-refractivity contribution in [3.8, 4) is 5.75 Å². The summed E-state index contributed by atoms with van der Waals surface area (Å²) in [5.41, 5.74) is 2.43. The molecule has 2 aromatic carbocycles. The van der Waals surface area contributed by atoms with E-state index in [1.54, 1.807) is 0 Å². The SMILES string of the molecule is CNC(C)c1ccc(OCCc2ccccc2)c(Cl)c1. The molecular weight excluding hydrogens is 270 g/mol. The molecule has 2 aromatic rings. The Bertz CT molecular complexity index is 542. The number of benzene rings is 2. The summed E-state index contributed by atoms with van der Waals surface area (Å²) in [7, 11) is 1.93. The summed E-state index contributed by atoms with van der Waals surface area (Å²) in [5, 5.41) is 3.86. The molecule has 0 aliphatic rings. The molecule has 1 N–H and O–H groups in total. The van der Waals surface area contributed by atoms with E-state index in [0.717, 1.165) is 17.7 Å². The molecule has 1 unspecified atom stereocenters. The molecule has 2 nitrogen and oxygen atoms in total. The highest BCUT2D eigenvalue weighted by Gasteiger charge is 2.07. The molecule has 0 radical (unpaired) electrons. The third-order valence-corrected chi connectivity index (χ3v) is 3.68. The lowest BCUT2D eigenvalue weighted by Gasteiger charge is -2.13. The van der Waals surface area contributed by atoms with E-state index >= 15 is 0 Å². The molecule has 0 bridgehead atoms. The lowest BCUT2D eigenvalue weighted by atomic mass is 10.1. The van der Waals surface area contributed by atoms with Crippen LogP contribution in [0.1, 0.15) is 24.1 Å². The molecule has 0 aliphatic carbocycles. The van der Waals surface area contributed by atoms with Crippen LogP contribution < -0.4 is 10.1 Å².